The van der Waals surface area contributed by atoms with Crippen molar-refractivity contribution in [3.8, 4) is 11.4 Å². The summed E-state index contributed by atoms with van der Waals surface area (Å²) >= 11 is 0. The van der Waals surface area contributed by atoms with E-state index in [-0.39, 0.29) is 29.6 Å². The molecule has 0 saturated carbocycles. The van der Waals surface area contributed by atoms with Crippen molar-refractivity contribution in [3.05, 3.63) is 65.8 Å². The quantitative estimate of drug-likeness (QED) is 0.736. The van der Waals surface area contributed by atoms with Crippen LogP contribution in [0.2, 0.25) is 0 Å². The van der Waals surface area contributed by atoms with Crippen molar-refractivity contribution in [2.24, 2.45) is 0 Å². The van der Waals surface area contributed by atoms with Gasteiger partial charge in [-0.2, -0.15) is 18.2 Å². The molecule has 27 heavy (non-hydrogen) atoms. The fourth-order valence-electron chi connectivity index (χ4n) is 2.39. The van der Waals surface area contributed by atoms with Gasteiger partial charge in [-0.1, -0.05) is 35.5 Å². The lowest BCUT2D eigenvalue weighted by Gasteiger charge is -2.09. The predicted octanol–water partition coefficient (Wildman–Crippen LogP) is 3.57. The van der Waals surface area contributed by atoms with E-state index in [9.17, 15) is 18.0 Å². The van der Waals surface area contributed by atoms with Crippen LogP contribution < -0.4 is 5.32 Å². The minimum atomic E-state index is -4.57. The molecule has 3 aromatic rings. The highest BCUT2D eigenvalue weighted by atomic mass is 19.4. The van der Waals surface area contributed by atoms with Gasteiger partial charge in [-0.05, 0) is 24.6 Å². The molecule has 0 aliphatic rings. The first-order chi connectivity index (χ1) is 12.8. The van der Waals surface area contributed by atoms with Crippen molar-refractivity contribution in [1.29, 1.82) is 0 Å². The number of nitrogens with zero attached hydrogens (tertiary/aromatic N) is 3. The molecule has 9 heteroatoms. The van der Waals surface area contributed by atoms with Crippen LogP contribution in [0.3, 0.4) is 0 Å². The number of rotatable bonds is 5. The molecule has 0 radical (unpaired) electrons. The van der Waals surface area contributed by atoms with E-state index in [1.807, 2.05) is 30.3 Å². The van der Waals surface area contributed by atoms with Gasteiger partial charge < -0.3 is 9.84 Å². The van der Waals surface area contributed by atoms with Crippen LogP contribution in [0.15, 0.2) is 53.2 Å². The van der Waals surface area contributed by atoms with Crippen LogP contribution in [-0.2, 0) is 17.4 Å². The average Bonchev–Trinajstić information content (AvgIpc) is 3.12. The summed E-state index contributed by atoms with van der Waals surface area (Å²) < 4.78 is 43.4. The molecule has 6 nitrogen and oxygen atoms in total. The van der Waals surface area contributed by atoms with Crippen LogP contribution in [0, 0.1) is 0 Å². The number of benzene rings is 1. The number of halogens is 3. The van der Waals surface area contributed by atoms with Gasteiger partial charge in [0, 0.05) is 11.8 Å². The highest BCUT2D eigenvalue weighted by Crippen LogP contribution is 2.29. The minimum Gasteiger partial charge on any atom is -0.344 e. The smallest absolute Gasteiger partial charge is 0.344 e. The van der Waals surface area contributed by atoms with Crippen molar-refractivity contribution >= 4 is 5.91 Å². The van der Waals surface area contributed by atoms with Gasteiger partial charge in [0.1, 0.15) is 11.7 Å². The molecule has 1 aromatic carbocycles. The first kappa shape index (κ1) is 18.6. The highest BCUT2D eigenvalue weighted by molar-refractivity contribution is 5.78. The molecular formula is C18H15F3N4O2. The molecule has 3 rings (SSSR count). The third-order valence-corrected chi connectivity index (χ3v) is 3.71. The lowest BCUT2D eigenvalue weighted by molar-refractivity contribution is -0.141. The molecule has 140 valence electrons. The molecule has 0 aliphatic heterocycles. The summed E-state index contributed by atoms with van der Waals surface area (Å²) in [6, 6.07) is 10.8. The Hall–Kier alpha value is -3.23. The van der Waals surface area contributed by atoms with E-state index < -0.39 is 17.9 Å². The second-order valence-corrected chi connectivity index (χ2v) is 5.84. The number of amides is 1. The van der Waals surface area contributed by atoms with Crippen molar-refractivity contribution < 1.29 is 22.5 Å². The van der Waals surface area contributed by atoms with E-state index in [1.165, 1.54) is 6.07 Å². The Kier molecular flexibility index (Phi) is 5.20. The van der Waals surface area contributed by atoms with Crippen molar-refractivity contribution in [1.82, 2.24) is 20.4 Å². The first-order valence-corrected chi connectivity index (χ1v) is 8.03. The van der Waals surface area contributed by atoms with Gasteiger partial charge in [0.2, 0.25) is 17.6 Å². The van der Waals surface area contributed by atoms with Crippen molar-refractivity contribution in [3.63, 3.8) is 0 Å². The molecule has 0 saturated heterocycles. The van der Waals surface area contributed by atoms with Crippen LogP contribution in [-0.4, -0.2) is 21.0 Å². The first-order valence-electron chi connectivity index (χ1n) is 8.03. The molecule has 2 aromatic heterocycles. The van der Waals surface area contributed by atoms with Crippen molar-refractivity contribution in [2.45, 2.75) is 25.6 Å². The summed E-state index contributed by atoms with van der Waals surface area (Å²) in [5.74, 6) is -0.157. The van der Waals surface area contributed by atoms with Gasteiger partial charge in [0.15, 0.2) is 0 Å². The van der Waals surface area contributed by atoms with E-state index in [2.05, 4.69) is 20.4 Å². The molecule has 1 amide bonds. The zero-order valence-electron chi connectivity index (χ0n) is 14.2. The number of hydrogen-bond acceptors (Lipinski definition) is 5. The lowest BCUT2D eigenvalue weighted by atomic mass is 10.1. The molecule has 0 unspecified atom stereocenters. The largest absolute Gasteiger partial charge is 0.433 e. The maximum absolute atomic E-state index is 12.8. The SMILES string of the molecule is C[C@H](NC(=O)Cc1ccccc1)c1nc(-c2ccnc(C(F)(F)F)c2)no1. The van der Waals surface area contributed by atoms with E-state index in [0.29, 0.717) is 0 Å². The monoisotopic (exact) mass is 376 g/mol. The molecular weight excluding hydrogens is 361 g/mol. The standard InChI is InChI=1S/C18H15F3N4O2/c1-11(23-15(26)9-12-5-3-2-4-6-12)17-24-16(25-27-17)13-7-8-22-14(10-13)18(19,20)21/h2-8,10-11H,9H2,1H3,(H,23,26)/t11-/m0/s1. The van der Waals surface area contributed by atoms with Gasteiger partial charge in [-0.15, -0.1) is 0 Å². The fraction of sp³-hybridized carbons (Fsp3) is 0.222. The third kappa shape index (κ3) is 4.69. The van der Waals surface area contributed by atoms with Gasteiger partial charge >= 0.3 is 6.18 Å². The zero-order chi connectivity index (χ0) is 19.4. The Morgan fingerprint density at radius 2 is 1.96 bits per heavy atom. The molecule has 0 spiro atoms. The molecule has 0 aliphatic carbocycles. The highest BCUT2D eigenvalue weighted by Gasteiger charge is 2.33. The predicted molar refractivity (Wildman–Crippen MR) is 89.2 cm³/mol. The second-order valence-electron chi connectivity index (χ2n) is 5.84. The minimum absolute atomic E-state index is 0.0120. The van der Waals surface area contributed by atoms with Gasteiger partial charge in [-0.25, -0.2) is 0 Å². The normalized spacial score (nSPS) is 12.6. The van der Waals surface area contributed by atoms with E-state index >= 15 is 0 Å². The maximum Gasteiger partial charge on any atom is 0.433 e. The van der Waals surface area contributed by atoms with Gasteiger partial charge in [0.25, 0.3) is 0 Å². The van der Waals surface area contributed by atoms with Crippen LogP contribution in [0.5, 0.6) is 0 Å². The number of hydrogen-bond donors (Lipinski definition) is 1. The van der Waals surface area contributed by atoms with Crippen molar-refractivity contribution in [2.75, 3.05) is 0 Å². The lowest BCUT2D eigenvalue weighted by Crippen LogP contribution is -2.28. The Morgan fingerprint density at radius 1 is 1.22 bits per heavy atom. The Morgan fingerprint density at radius 3 is 2.67 bits per heavy atom. The van der Waals surface area contributed by atoms with Crippen LogP contribution >= 0.6 is 0 Å². The number of carbonyl (C=O) groups excluding carboxylic acids is 1. The molecule has 1 atom stereocenters. The van der Waals surface area contributed by atoms with E-state index in [4.69, 9.17) is 4.52 Å². The maximum atomic E-state index is 12.8. The van der Waals surface area contributed by atoms with E-state index in [0.717, 1.165) is 17.8 Å². The summed E-state index contributed by atoms with van der Waals surface area (Å²) in [5.41, 5.74) is -0.0735. The van der Waals surface area contributed by atoms with Crippen LogP contribution in [0.25, 0.3) is 11.4 Å². The summed E-state index contributed by atoms with van der Waals surface area (Å²) in [6.45, 7) is 1.65. The Bertz CT molecular complexity index is 926. The Labute approximate surface area is 152 Å². The van der Waals surface area contributed by atoms with E-state index in [1.54, 1.807) is 6.92 Å². The topological polar surface area (TPSA) is 80.9 Å². The number of alkyl halides is 3. The molecule has 0 fully saturated rings. The Balaban J connectivity index is 1.69. The number of pyridine rings is 1. The average molecular weight is 376 g/mol. The zero-order valence-corrected chi connectivity index (χ0v) is 14.2. The number of carbonyl (C=O) groups is 1. The molecule has 0 bridgehead atoms. The molecule has 1 N–H and O–H groups in total. The summed E-state index contributed by atoms with van der Waals surface area (Å²) in [5, 5.41) is 6.41. The number of nitrogens with one attached hydrogen (secondary N) is 1. The summed E-state index contributed by atoms with van der Waals surface area (Å²) in [7, 11) is 0. The fourth-order valence-corrected chi connectivity index (χ4v) is 2.39. The molecule has 2 heterocycles. The number of aromatic nitrogens is 3. The van der Waals surface area contributed by atoms with Gasteiger partial charge in [-0.3, -0.25) is 9.78 Å². The summed E-state index contributed by atoms with van der Waals surface area (Å²) in [6.07, 6.45) is -3.36. The summed E-state index contributed by atoms with van der Waals surface area (Å²) in [4.78, 5) is 19.5. The van der Waals surface area contributed by atoms with Gasteiger partial charge in [0.05, 0.1) is 6.42 Å². The van der Waals surface area contributed by atoms with Crippen LogP contribution in [0.4, 0.5) is 13.2 Å². The second kappa shape index (κ2) is 7.56. The third-order valence-electron chi connectivity index (χ3n) is 3.71. The van der Waals surface area contributed by atoms with Crippen LogP contribution in [0.1, 0.15) is 30.1 Å².